The average molecular weight is 449 g/mol. The van der Waals surface area contributed by atoms with Gasteiger partial charge in [-0.05, 0) is 43.8 Å². The normalized spacial score (nSPS) is 20.0. The number of H-pyrrole nitrogens is 1. The van der Waals surface area contributed by atoms with E-state index >= 15 is 8.78 Å². The highest BCUT2D eigenvalue weighted by Gasteiger charge is 2.34. The third-order valence-corrected chi connectivity index (χ3v) is 6.84. The predicted octanol–water partition coefficient (Wildman–Crippen LogP) is 1.56. The van der Waals surface area contributed by atoms with Gasteiger partial charge in [0.1, 0.15) is 21.7 Å². The smallest absolute Gasteiger partial charge is 0.271 e. The minimum absolute atomic E-state index is 0.0229. The van der Waals surface area contributed by atoms with Crippen LogP contribution in [0.3, 0.4) is 0 Å². The Morgan fingerprint density at radius 1 is 1.32 bits per heavy atom. The molecule has 1 unspecified atom stereocenters. The zero-order valence-corrected chi connectivity index (χ0v) is 17.5. The molecule has 1 aliphatic heterocycles. The standard InChI is InChI=1S/C20H21F2N5O3S/c1-8(23)18(29)24-9-4-5-26(7-9)16-12(21)6-11-15(14(16)22)27(10-2-3-10)20-13(17(11)28)19(30)25-31-20/h6,8-10H,2-5,7,23H2,1H3,(H,24,29)(H,25,30)/t8-,9?/m0/s1. The van der Waals surface area contributed by atoms with Crippen LogP contribution in [0.15, 0.2) is 15.7 Å². The summed E-state index contributed by atoms with van der Waals surface area (Å²) >= 11 is 0.991. The number of benzene rings is 1. The maximum Gasteiger partial charge on any atom is 0.271 e. The Labute approximate surface area is 178 Å². The number of amides is 1. The lowest BCUT2D eigenvalue weighted by Gasteiger charge is -2.23. The monoisotopic (exact) mass is 449 g/mol. The Bertz CT molecular complexity index is 1340. The number of nitrogens with two attached hydrogens (primary N) is 1. The number of halogens is 2. The Balaban J connectivity index is 1.65. The fraction of sp³-hybridized carbons (Fsp3) is 0.450. The summed E-state index contributed by atoms with van der Waals surface area (Å²) in [5, 5.41) is 2.59. The van der Waals surface area contributed by atoms with Gasteiger partial charge in [-0.2, -0.15) is 0 Å². The van der Waals surface area contributed by atoms with E-state index in [4.69, 9.17) is 5.73 Å². The number of nitrogens with zero attached hydrogens (tertiary/aromatic N) is 2. The van der Waals surface area contributed by atoms with E-state index in [1.165, 1.54) is 0 Å². The molecule has 0 spiro atoms. The summed E-state index contributed by atoms with van der Waals surface area (Å²) in [6.45, 7) is 2.14. The first-order valence-corrected chi connectivity index (χ1v) is 11.0. The van der Waals surface area contributed by atoms with Gasteiger partial charge in [0, 0.05) is 25.2 Å². The Hall–Kier alpha value is -2.79. The van der Waals surface area contributed by atoms with E-state index in [-0.39, 0.29) is 46.5 Å². The zero-order valence-electron chi connectivity index (χ0n) is 16.7. The Kier molecular flexibility index (Phi) is 4.63. The van der Waals surface area contributed by atoms with Gasteiger partial charge in [-0.25, -0.2) is 8.78 Å². The molecule has 1 saturated carbocycles. The second kappa shape index (κ2) is 7.13. The van der Waals surface area contributed by atoms with Crippen LogP contribution in [0.4, 0.5) is 14.5 Å². The fourth-order valence-electron chi connectivity index (χ4n) is 4.29. The van der Waals surface area contributed by atoms with Crippen LogP contribution >= 0.6 is 11.5 Å². The minimum Gasteiger partial charge on any atom is -0.365 e. The van der Waals surface area contributed by atoms with E-state index in [9.17, 15) is 14.4 Å². The van der Waals surface area contributed by atoms with Gasteiger partial charge in [0.25, 0.3) is 5.56 Å². The van der Waals surface area contributed by atoms with Crippen molar-refractivity contribution in [2.45, 2.75) is 44.3 Å². The average Bonchev–Trinajstić information content (AvgIpc) is 3.33. The molecule has 164 valence electrons. The summed E-state index contributed by atoms with van der Waals surface area (Å²) in [5.74, 6) is -2.01. The van der Waals surface area contributed by atoms with Crippen LogP contribution in [0.5, 0.6) is 0 Å². The molecule has 1 saturated heterocycles. The van der Waals surface area contributed by atoms with Crippen LogP contribution in [0.1, 0.15) is 32.2 Å². The molecule has 3 heterocycles. The molecule has 8 nitrogen and oxygen atoms in total. The van der Waals surface area contributed by atoms with E-state index < -0.39 is 28.7 Å². The van der Waals surface area contributed by atoms with Gasteiger partial charge in [0.15, 0.2) is 5.82 Å². The lowest BCUT2D eigenvalue weighted by molar-refractivity contribution is -0.122. The molecule has 2 fully saturated rings. The maximum atomic E-state index is 15.8. The van der Waals surface area contributed by atoms with Crippen molar-refractivity contribution < 1.29 is 13.6 Å². The molecule has 4 N–H and O–H groups in total. The second-order valence-corrected chi connectivity index (χ2v) is 9.08. The van der Waals surface area contributed by atoms with E-state index in [0.717, 1.165) is 30.4 Å². The molecule has 0 radical (unpaired) electrons. The van der Waals surface area contributed by atoms with Crippen LogP contribution in [0, 0.1) is 11.6 Å². The highest BCUT2D eigenvalue weighted by atomic mass is 32.1. The van der Waals surface area contributed by atoms with Crippen molar-refractivity contribution in [1.82, 2.24) is 14.3 Å². The summed E-state index contributed by atoms with van der Waals surface area (Å²) in [6, 6.07) is 0.0314. The molecule has 1 aromatic carbocycles. The van der Waals surface area contributed by atoms with Crippen molar-refractivity contribution in [2.24, 2.45) is 5.73 Å². The van der Waals surface area contributed by atoms with Gasteiger partial charge in [0.2, 0.25) is 11.3 Å². The molecule has 0 bridgehead atoms. The number of aromatic nitrogens is 2. The van der Waals surface area contributed by atoms with E-state index in [0.29, 0.717) is 17.8 Å². The van der Waals surface area contributed by atoms with Crippen molar-refractivity contribution in [1.29, 1.82) is 0 Å². The summed E-state index contributed by atoms with van der Waals surface area (Å²) in [7, 11) is 0. The molecule has 5 rings (SSSR count). The molecular formula is C20H21F2N5O3S. The van der Waals surface area contributed by atoms with Crippen LogP contribution < -0.4 is 26.9 Å². The van der Waals surface area contributed by atoms with Crippen LogP contribution in [0.2, 0.25) is 0 Å². The molecule has 31 heavy (non-hydrogen) atoms. The zero-order chi connectivity index (χ0) is 22.0. The van der Waals surface area contributed by atoms with Crippen molar-refractivity contribution in [3.05, 3.63) is 38.3 Å². The summed E-state index contributed by atoms with van der Waals surface area (Å²) in [6.07, 6.45) is 2.10. The minimum atomic E-state index is -0.866. The molecular weight excluding hydrogens is 428 g/mol. The van der Waals surface area contributed by atoms with Gasteiger partial charge >= 0.3 is 0 Å². The second-order valence-electron chi connectivity index (χ2n) is 8.29. The predicted molar refractivity (Wildman–Crippen MR) is 115 cm³/mol. The molecule has 2 aliphatic rings. The van der Waals surface area contributed by atoms with Crippen LogP contribution in [-0.4, -0.2) is 40.0 Å². The summed E-state index contributed by atoms with van der Waals surface area (Å²) in [5.41, 5.74) is 4.17. The van der Waals surface area contributed by atoms with E-state index in [1.54, 1.807) is 16.4 Å². The van der Waals surface area contributed by atoms with Crippen molar-refractivity contribution in [3.63, 3.8) is 0 Å². The lowest BCUT2D eigenvalue weighted by Crippen LogP contribution is -2.45. The first-order chi connectivity index (χ1) is 14.8. The summed E-state index contributed by atoms with van der Waals surface area (Å²) in [4.78, 5) is 38.9. The first-order valence-electron chi connectivity index (χ1n) is 10.2. The molecule has 3 aromatic rings. The number of hydrogen-bond acceptors (Lipinski definition) is 6. The lowest BCUT2D eigenvalue weighted by atomic mass is 10.1. The number of carbonyl (C=O) groups is 1. The molecule has 2 aromatic heterocycles. The maximum absolute atomic E-state index is 15.8. The fourth-order valence-corrected chi connectivity index (χ4v) is 5.21. The number of carbonyl (C=O) groups excluding carboxylic acids is 1. The first kappa shape index (κ1) is 20.1. The third-order valence-electron chi connectivity index (χ3n) is 5.96. The van der Waals surface area contributed by atoms with Gasteiger partial charge in [-0.15, -0.1) is 0 Å². The molecule has 2 atom stereocenters. The Morgan fingerprint density at radius 2 is 2.06 bits per heavy atom. The largest absolute Gasteiger partial charge is 0.365 e. The van der Waals surface area contributed by atoms with E-state index in [2.05, 4.69) is 9.69 Å². The van der Waals surface area contributed by atoms with Gasteiger partial charge in [-0.1, -0.05) is 0 Å². The van der Waals surface area contributed by atoms with Crippen molar-refractivity contribution in [2.75, 3.05) is 18.0 Å². The topological polar surface area (TPSA) is 113 Å². The number of nitrogens with one attached hydrogen (secondary N) is 2. The molecule has 11 heteroatoms. The highest BCUT2D eigenvalue weighted by molar-refractivity contribution is 7.12. The molecule has 1 amide bonds. The number of fused-ring (bicyclic) bond motifs is 2. The van der Waals surface area contributed by atoms with Crippen LogP contribution in [0.25, 0.3) is 21.1 Å². The van der Waals surface area contributed by atoms with E-state index in [1.807, 2.05) is 0 Å². The van der Waals surface area contributed by atoms with Crippen LogP contribution in [-0.2, 0) is 4.79 Å². The third kappa shape index (κ3) is 3.14. The highest BCUT2D eigenvalue weighted by Crippen LogP contribution is 2.42. The Morgan fingerprint density at radius 3 is 2.74 bits per heavy atom. The van der Waals surface area contributed by atoms with Crippen molar-refractivity contribution >= 4 is 44.2 Å². The quantitative estimate of drug-likeness (QED) is 0.560. The molecule has 1 aliphatic carbocycles. The number of aromatic amines is 1. The van der Waals surface area contributed by atoms with Gasteiger partial charge < -0.3 is 20.5 Å². The summed E-state index contributed by atoms with van der Waals surface area (Å²) < 4.78 is 35.1. The number of rotatable bonds is 4. The van der Waals surface area contributed by atoms with Gasteiger partial charge in [-0.3, -0.25) is 18.8 Å². The van der Waals surface area contributed by atoms with Gasteiger partial charge in [0.05, 0.1) is 16.9 Å². The number of pyridine rings is 1. The van der Waals surface area contributed by atoms with Crippen molar-refractivity contribution in [3.8, 4) is 0 Å². The number of anilines is 1. The SMILES string of the molecule is C[C@H](N)C(=O)NC1CCN(c2c(F)cc3c(=O)c4c(=O)[nH]sc4n(C4CC4)c3c2F)C1. The number of hydrogen-bond donors (Lipinski definition) is 3.